The van der Waals surface area contributed by atoms with E-state index in [0.717, 1.165) is 37.7 Å². The van der Waals surface area contributed by atoms with Crippen molar-refractivity contribution >= 4 is 5.69 Å². The fourth-order valence-corrected chi connectivity index (χ4v) is 2.57. The van der Waals surface area contributed by atoms with Crippen molar-refractivity contribution < 1.29 is 4.84 Å². The summed E-state index contributed by atoms with van der Waals surface area (Å²) in [6, 6.07) is 6.57. The second kappa shape index (κ2) is 6.76. The van der Waals surface area contributed by atoms with Gasteiger partial charge in [0.15, 0.2) is 0 Å². The van der Waals surface area contributed by atoms with E-state index in [2.05, 4.69) is 42.8 Å². The number of anilines is 1. The molecule has 2 rings (SSSR count). The van der Waals surface area contributed by atoms with Gasteiger partial charge in [-0.2, -0.15) is 0 Å². The summed E-state index contributed by atoms with van der Waals surface area (Å²) in [5.74, 6) is 0.719. The van der Waals surface area contributed by atoms with E-state index in [0.29, 0.717) is 0 Å². The van der Waals surface area contributed by atoms with Gasteiger partial charge in [0.1, 0.15) is 0 Å². The molecule has 3 heteroatoms. The predicted octanol–water partition coefficient (Wildman–Crippen LogP) is 3.22. The molecule has 3 nitrogen and oxygen atoms in total. The van der Waals surface area contributed by atoms with E-state index in [1.165, 1.54) is 24.0 Å². The average Bonchev–Trinajstić information content (AvgIpc) is 2.40. The second-order valence-electron chi connectivity index (χ2n) is 5.05. The third kappa shape index (κ3) is 3.47. The van der Waals surface area contributed by atoms with Gasteiger partial charge in [-0.25, -0.2) is 0 Å². The molecule has 1 fully saturated rings. The number of benzene rings is 1. The highest BCUT2D eigenvalue weighted by Crippen LogP contribution is 2.29. The van der Waals surface area contributed by atoms with Crippen molar-refractivity contribution in [1.82, 2.24) is 5.32 Å². The van der Waals surface area contributed by atoms with Gasteiger partial charge in [0.05, 0.1) is 12.3 Å². The molecule has 1 aliphatic rings. The van der Waals surface area contributed by atoms with Gasteiger partial charge in [-0.05, 0) is 68.5 Å². The minimum absolute atomic E-state index is 0.719. The maximum atomic E-state index is 5.35. The number of hydrogen-bond donors (Lipinski definition) is 2. The van der Waals surface area contributed by atoms with Crippen molar-refractivity contribution in [1.29, 1.82) is 0 Å². The first kappa shape index (κ1) is 13.4. The highest BCUT2D eigenvalue weighted by molar-refractivity contribution is 5.47. The lowest BCUT2D eigenvalue weighted by Crippen LogP contribution is -2.26. The van der Waals surface area contributed by atoms with Crippen LogP contribution in [0.25, 0.3) is 0 Å². The van der Waals surface area contributed by atoms with Crippen LogP contribution in [0.2, 0.25) is 0 Å². The summed E-state index contributed by atoms with van der Waals surface area (Å²) in [4.78, 5) is 5.35. The zero-order chi connectivity index (χ0) is 12.8. The third-order valence-electron chi connectivity index (χ3n) is 3.54. The van der Waals surface area contributed by atoms with E-state index in [1.54, 1.807) is 0 Å². The van der Waals surface area contributed by atoms with E-state index in [1.807, 2.05) is 0 Å². The van der Waals surface area contributed by atoms with Crippen LogP contribution in [0.3, 0.4) is 0 Å². The van der Waals surface area contributed by atoms with Crippen molar-refractivity contribution in [3.63, 3.8) is 0 Å². The summed E-state index contributed by atoms with van der Waals surface area (Å²) >= 11 is 0. The minimum atomic E-state index is 0.719. The monoisotopic (exact) mass is 248 g/mol. The maximum absolute atomic E-state index is 5.35. The van der Waals surface area contributed by atoms with Gasteiger partial charge < -0.3 is 5.32 Å². The topological polar surface area (TPSA) is 33.3 Å². The van der Waals surface area contributed by atoms with Gasteiger partial charge in [-0.1, -0.05) is 13.0 Å². The summed E-state index contributed by atoms with van der Waals surface area (Å²) in [5, 5.41) is 3.42. The molecule has 0 saturated carbocycles. The Labute approximate surface area is 110 Å². The Kier molecular flexibility index (Phi) is 5.02. The summed E-state index contributed by atoms with van der Waals surface area (Å²) < 4.78 is 0. The van der Waals surface area contributed by atoms with Crippen LogP contribution < -0.4 is 10.8 Å². The highest BCUT2D eigenvalue weighted by Gasteiger charge is 2.16. The molecule has 0 aromatic heterocycles. The Hall–Kier alpha value is -1.06. The summed E-state index contributed by atoms with van der Waals surface area (Å²) in [6.07, 6.45) is 3.53. The zero-order valence-corrected chi connectivity index (χ0v) is 11.5. The summed E-state index contributed by atoms with van der Waals surface area (Å²) in [5.41, 5.74) is 6.92. The second-order valence-corrected chi connectivity index (χ2v) is 5.05. The van der Waals surface area contributed by atoms with Gasteiger partial charge in [-0.15, -0.1) is 0 Å². The lowest BCUT2D eigenvalue weighted by Gasteiger charge is -2.24. The van der Waals surface area contributed by atoms with E-state index in [9.17, 15) is 0 Å². The molecule has 100 valence electrons. The highest BCUT2D eigenvalue weighted by atomic mass is 16.6. The molecule has 1 aromatic rings. The molecule has 2 N–H and O–H groups in total. The van der Waals surface area contributed by atoms with Crippen LogP contribution in [0, 0.1) is 6.92 Å². The van der Waals surface area contributed by atoms with Crippen molar-refractivity contribution in [3.8, 4) is 0 Å². The van der Waals surface area contributed by atoms with Crippen molar-refractivity contribution in [3.05, 3.63) is 29.3 Å². The minimum Gasteiger partial charge on any atom is -0.317 e. The fraction of sp³-hybridized carbons (Fsp3) is 0.600. The van der Waals surface area contributed by atoms with E-state index < -0.39 is 0 Å². The Balaban J connectivity index is 2.00. The molecule has 1 heterocycles. The van der Waals surface area contributed by atoms with Gasteiger partial charge in [0, 0.05) is 0 Å². The van der Waals surface area contributed by atoms with E-state index >= 15 is 0 Å². The Bertz CT molecular complexity index is 373. The molecule has 0 spiro atoms. The molecule has 0 unspecified atom stereocenters. The van der Waals surface area contributed by atoms with Crippen molar-refractivity contribution in [2.75, 3.05) is 25.2 Å². The lowest BCUT2D eigenvalue weighted by atomic mass is 9.87. The molecule has 0 amide bonds. The molecule has 0 radical (unpaired) electrons. The third-order valence-corrected chi connectivity index (χ3v) is 3.54. The quantitative estimate of drug-likeness (QED) is 0.620. The first-order chi connectivity index (χ1) is 8.81. The normalized spacial score (nSPS) is 16.8. The van der Waals surface area contributed by atoms with Crippen LogP contribution in [0.4, 0.5) is 5.69 Å². The Morgan fingerprint density at radius 3 is 2.78 bits per heavy atom. The first-order valence-corrected chi connectivity index (χ1v) is 7.00. The van der Waals surface area contributed by atoms with E-state index in [4.69, 9.17) is 4.84 Å². The van der Waals surface area contributed by atoms with Gasteiger partial charge >= 0.3 is 0 Å². The molecule has 0 bridgehead atoms. The molecule has 0 atom stereocenters. The van der Waals surface area contributed by atoms with Gasteiger partial charge in [-0.3, -0.25) is 10.3 Å². The first-order valence-electron chi connectivity index (χ1n) is 7.00. The van der Waals surface area contributed by atoms with Crippen LogP contribution in [0.15, 0.2) is 18.2 Å². The predicted molar refractivity (Wildman–Crippen MR) is 75.9 cm³/mol. The van der Waals surface area contributed by atoms with Crippen LogP contribution in [-0.4, -0.2) is 19.7 Å². The number of aryl methyl sites for hydroxylation is 1. The zero-order valence-electron chi connectivity index (χ0n) is 11.5. The maximum Gasteiger partial charge on any atom is 0.0743 e. The van der Waals surface area contributed by atoms with Crippen LogP contribution in [-0.2, 0) is 4.84 Å². The smallest absolute Gasteiger partial charge is 0.0743 e. The SMILES string of the molecule is CCCONc1ccc(C2CCNCC2)c(C)c1. The number of hydrogen-bond acceptors (Lipinski definition) is 3. The molecule has 1 aromatic carbocycles. The summed E-state index contributed by atoms with van der Waals surface area (Å²) in [7, 11) is 0. The van der Waals surface area contributed by atoms with Gasteiger partial charge in [0.2, 0.25) is 0 Å². The number of rotatable bonds is 5. The van der Waals surface area contributed by atoms with Crippen LogP contribution in [0.5, 0.6) is 0 Å². The molecular formula is C15H24N2O. The largest absolute Gasteiger partial charge is 0.317 e. The molecule has 0 aliphatic carbocycles. The van der Waals surface area contributed by atoms with E-state index in [-0.39, 0.29) is 0 Å². The molecular weight excluding hydrogens is 224 g/mol. The number of piperidine rings is 1. The van der Waals surface area contributed by atoms with Crippen molar-refractivity contribution in [2.45, 2.75) is 39.0 Å². The molecule has 18 heavy (non-hydrogen) atoms. The van der Waals surface area contributed by atoms with Crippen LogP contribution >= 0.6 is 0 Å². The van der Waals surface area contributed by atoms with Gasteiger partial charge in [0.25, 0.3) is 0 Å². The number of nitrogens with one attached hydrogen (secondary N) is 2. The van der Waals surface area contributed by atoms with Crippen molar-refractivity contribution in [2.24, 2.45) is 0 Å². The Morgan fingerprint density at radius 2 is 2.11 bits per heavy atom. The Morgan fingerprint density at radius 1 is 1.33 bits per heavy atom. The summed E-state index contributed by atoms with van der Waals surface area (Å²) in [6.45, 7) is 7.33. The molecule has 1 aliphatic heterocycles. The fourth-order valence-electron chi connectivity index (χ4n) is 2.57. The average molecular weight is 248 g/mol. The molecule has 1 saturated heterocycles. The van der Waals surface area contributed by atoms with Crippen LogP contribution in [0.1, 0.15) is 43.2 Å². The standard InChI is InChI=1S/C15H24N2O/c1-3-10-18-17-14-4-5-15(12(2)11-14)13-6-8-16-9-7-13/h4-5,11,13,16-17H,3,6-10H2,1-2H3. The lowest BCUT2D eigenvalue weighted by molar-refractivity contribution is 0.194.